The number of ether oxygens (including phenoxy) is 3. The van der Waals surface area contributed by atoms with Crippen LogP contribution < -0.4 is 4.74 Å². The number of carbonyl (C=O) groups is 2. The molecule has 1 aromatic heterocycles. The third kappa shape index (κ3) is 7.47. The van der Waals surface area contributed by atoms with Crippen LogP contribution in [0.5, 0.6) is 5.75 Å². The summed E-state index contributed by atoms with van der Waals surface area (Å²) in [6, 6.07) is 7.58. The first-order valence-corrected chi connectivity index (χ1v) is 12.6. The van der Waals surface area contributed by atoms with Gasteiger partial charge in [0.2, 0.25) is 0 Å². The van der Waals surface area contributed by atoms with Crippen LogP contribution in [0.4, 0.5) is 4.79 Å². The van der Waals surface area contributed by atoms with E-state index in [2.05, 4.69) is 12.1 Å². The van der Waals surface area contributed by atoms with Crippen molar-refractivity contribution in [1.82, 2.24) is 10.1 Å². The number of benzene rings is 1. The van der Waals surface area contributed by atoms with E-state index in [9.17, 15) is 9.59 Å². The molecule has 1 fully saturated rings. The van der Waals surface area contributed by atoms with Gasteiger partial charge in [-0.25, -0.2) is 4.79 Å². The van der Waals surface area contributed by atoms with Crippen LogP contribution in [0, 0.1) is 12.8 Å². The van der Waals surface area contributed by atoms with E-state index in [1.807, 2.05) is 45.0 Å². The number of hydrogen-bond acceptors (Lipinski definition) is 7. The second kappa shape index (κ2) is 12.6. The summed E-state index contributed by atoms with van der Waals surface area (Å²) >= 11 is 0. The Balaban J connectivity index is 1.60. The summed E-state index contributed by atoms with van der Waals surface area (Å²) in [5, 5.41) is 4.07. The Hall–Kier alpha value is -3.03. The minimum atomic E-state index is -0.364. The highest BCUT2D eigenvalue weighted by atomic mass is 16.6. The van der Waals surface area contributed by atoms with Crippen LogP contribution in [0.15, 0.2) is 28.8 Å². The van der Waals surface area contributed by atoms with Gasteiger partial charge in [-0.15, -0.1) is 0 Å². The maximum absolute atomic E-state index is 12.3. The predicted molar refractivity (Wildman–Crippen MR) is 132 cm³/mol. The molecule has 1 saturated carbocycles. The van der Waals surface area contributed by atoms with Crippen molar-refractivity contribution < 1.29 is 28.3 Å². The van der Waals surface area contributed by atoms with Crippen molar-refractivity contribution in [3.63, 3.8) is 0 Å². The standard InChI is InChI=1S/C27H38N2O6/c1-6-7-15-29(5)27(31)32-17-24-19(4)28-35-25(24)20-11-13-22(14-12-20)34-23-10-8-9-21(16-23)26(30)33-18(2)3/h11-14,18,21,23H,6-10,15-17H2,1-5H3. The molecule has 8 heteroatoms. The van der Waals surface area contributed by atoms with E-state index in [1.54, 1.807) is 11.9 Å². The van der Waals surface area contributed by atoms with Gasteiger partial charge in [0.1, 0.15) is 12.4 Å². The summed E-state index contributed by atoms with van der Waals surface area (Å²) in [4.78, 5) is 26.1. The van der Waals surface area contributed by atoms with Gasteiger partial charge in [-0.05, 0) is 77.1 Å². The minimum absolute atomic E-state index is 0.0218. The molecule has 1 heterocycles. The number of carbonyl (C=O) groups excluding carboxylic acids is 2. The Morgan fingerprint density at radius 1 is 1.20 bits per heavy atom. The van der Waals surface area contributed by atoms with Gasteiger partial charge in [0, 0.05) is 19.2 Å². The first-order chi connectivity index (χ1) is 16.8. The number of nitrogens with zero attached hydrogens (tertiary/aromatic N) is 2. The van der Waals surface area contributed by atoms with Gasteiger partial charge in [-0.1, -0.05) is 18.5 Å². The molecule has 0 saturated heterocycles. The van der Waals surface area contributed by atoms with Gasteiger partial charge in [0.15, 0.2) is 5.76 Å². The van der Waals surface area contributed by atoms with Crippen molar-refractivity contribution in [3.8, 4) is 17.1 Å². The lowest BCUT2D eigenvalue weighted by molar-refractivity contribution is -0.154. The monoisotopic (exact) mass is 486 g/mol. The average Bonchev–Trinajstić information content (AvgIpc) is 3.21. The van der Waals surface area contributed by atoms with E-state index < -0.39 is 0 Å². The summed E-state index contributed by atoms with van der Waals surface area (Å²) in [6.07, 6.45) is 4.81. The Morgan fingerprint density at radius 2 is 1.94 bits per heavy atom. The smallest absolute Gasteiger partial charge is 0.409 e. The van der Waals surface area contributed by atoms with E-state index in [-0.39, 0.29) is 36.8 Å². The first-order valence-electron chi connectivity index (χ1n) is 12.6. The van der Waals surface area contributed by atoms with Crippen LogP contribution in [0.2, 0.25) is 0 Å². The third-order valence-corrected chi connectivity index (χ3v) is 6.21. The van der Waals surface area contributed by atoms with Crippen LogP contribution in [0.25, 0.3) is 11.3 Å². The largest absolute Gasteiger partial charge is 0.490 e. The molecule has 0 radical (unpaired) electrons. The Kier molecular flexibility index (Phi) is 9.57. The number of esters is 1. The molecule has 0 spiro atoms. The highest BCUT2D eigenvalue weighted by Gasteiger charge is 2.30. The van der Waals surface area contributed by atoms with Crippen molar-refractivity contribution in [3.05, 3.63) is 35.5 Å². The zero-order valence-corrected chi connectivity index (χ0v) is 21.5. The number of amides is 1. The van der Waals surface area contributed by atoms with Crippen LogP contribution in [0.3, 0.4) is 0 Å². The SMILES string of the molecule is CCCCN(C)C(=O)OCc1c(C)noc1-c1ccc(OC2CCCC(C(=O)OC(C)C)C2)cc1. The van der Waals surface area contributed by atoms with Gasteiger partial charge in [-0.2, -0.15) is 0 Å². The minimum Gasteiger partial charge on any atom is -0.490 e. The molecule has 1 aromatic carbocycles. The summed E-state index contributed by atoms with van der Waals surface area (Å²) in [5.74, 6) is 1.07. The first kappa shape index (κ1) is 26.6. The van der Waals surface area contributed by atoms with E-state index in [1.165, 1.54) is 0 Å². The van der Waals surface area contributed by atoms with Crippen molar-refractivity contribution in [2.24, 2.45) is 5.92 Å². The number of rotatable bonds is 10. The Labute approximate surface area is 207 Å². The molecule has 2 unspecified atom stereocenters. The highest BCUT2D eigenvalue weighted by molar-refractivity contribution is 5.72. The number of hydrogen-bond donors (Lipinski definition) is 0. The second-order valence-electron chi connectivity index (χ2n) is 9.52. The molecule has 2 aromatic rings. The second-order valence-corrected chi connectivity index (χ2v) is 9.52. The van der Waals surface area contributed by atoms with Crippen molar-refractivity contribution >= 4 is 12.1 Å². The number of aromatic nitrogens is 1. The molecule has 0 aliphatic heterocycles. The summed E-state index contributed by atoms with van der Waals surface area (Å²) < 4.78 is 22.6. The molecular weight excluding hydrogens is 448 g/mol. The zero-order valence-electron chi connectivity index (χ0n) is 21.5. The fourth-order valence-electron chi connectivity index (χ4n) is 4.19. The lowest BCUT2D eigenvalue weighted by Crippen LogP contribution is -2.31. The molecule has 35 heavy (non-hydrogen) atoms. The molecule has 1 amide bonds. The molecular formula is C27H38N2O6. The zero-order chi connectivity index (χ0) is 25.4. The van der Waals surface area contributed by atoms with Crippen LogP contribution in [-0.4, -0.2) is 47.9 Å². The van der Waals surface area contributed by atoms with Gasteiger partial charge < -0.3 is 23.6 Å². The highest BCUT2D eigenvalue weighted by Crippen LogP contribution is 2.32. The van der Waals surface area contributed by atoms with Crippen LogP contribution in [-0.2, 0) is 20.9 Å². The summed E-state index contributed by atoms with van der Waals surface area (Å²) in [5.41, 5.74) is 2.26. The molecule has 0 bridgehead atoms. The van der Waals surface area contributed by atoms with Gasteiger partial charge >= 0.3 is 12.1 Å². The van der Waals surface area contributed by atoms with E-state index >= 15 is 0 Å². The molecule has 3 rings (SSSR count). The quantitative estimate of drug-likeness (QED) is 0.386. The van der Waals surface area contributed by atoms with Crippen LogP contribution in [0.1, 0.15) is 70.6 Å². The fourth-order valence-corrected chi connectivity index (χ4v) is 4.19. The summed E-state index contributed by atoms with van der Waals surface area (Å²) in [7, 11) is 1.74. The topological polar surface area (TPSA) is 91.1 Å². The maximum atomic E-state index is 12.3. The van der Waals surface area contributed by atoms with Crippen molar-refractivity contribution in [2.75, 3.05) is 13.6 Å². The number of unbranched alkanes of at least 4 members (excludes halogenated alkanes) is 1. The fraction of sp³-hybridized carbons (Fsp3) is 0.593. The van der Waals surface area contributed by atoms with E-state index in [4.69, 9.17) is 18.7 Å². The van der Waals surface area contributed by atoms with E-state index in [0.29, 0.717) is 24.4 Å². The summed E-state index contributed by atoms with van der Waals surface area (Å²) in [6.45, 7) is 8.40. The molecule has 192 valence electrons. The van der Waals surface area contributed by atoms with Crippen molar-refractivity contribution in [2.45, 2.75) is 85.0 Å². The molecule has 0 N–H and O–H groups in total. The normalized spacial score (nSPS) is 17.8. The molecule has 1 aliphatic rings. The molecule has 2 atom stereocenters. The average molecular weight is 487 g/mol. The van der Waals surface area contributed by atoms with Gasteiger partial charge in [0.25, 0.3) is 0 Å². The van der Waals surface area contributed by atoms with Gasteiger partial charge in [-0.3, -0.25) is 4.79 Å². The van der Waals surface area contributed by atoms with Crippen molar-refractivity contribution in [1.29, 1.82) is 0 Å². The van der Waals surface area contributed by atoms with Gasteiger partial charge in [0.05, 0.1) is 29.4 Å². The predicted octanol–water partition coefficient (Wildman–Crippen LogP) is 5.91. The number of aryl methyl sites for hydroxylation is 1. The van der Waals surface area contributed by atoms with E-state index in [0.717, 1.165) is 49.0 Å². The lowest BCUT2D eigenvalue weighted by Gasteiger charge is -2.29. The molecule has 8 nitrogen and oxygen atoms in total. The Bertz CT molecular complexity index is 969. The lowest BCUT2D eigenvalue weighted by atomic mass is 9.87. The maximum Gasteiger partial charge on any atom is 0.409 e. The van der Waals surface area contributed by atoms with Crippen LogP contribution >= 0.6 is 0 Å². The molecule has 1 aliphatic carbocycles. The third-order valence-electron chi connectivity index (χ3n) is 6.21. The Morgan fingerprint density at radius 3 is 2.63 bits per heavy atom.